The van der Waals surface area contributed by atoms with E-state index in [-0.39, 0.29) is 12.3 Å². The van der Waals surface area contributed by atoms with Crippen LogP contribution in [0.4, 0.5) is 8.78 Å². The Morgan fingerprint density at radius 2 is 1.96 bits per heavy atom. The quantitative estimate of drug-likeness (QED) is 0.689. The summed E-state index contributed by atoms with van der Waals surface area (Å²) in [6.45, 7) is 2.44. The molecule has 0 saturated carbocycles. The predicted molar refractivity (Wildman–Crippen MR) is 100 cm³/mol. The lowest BCUT2D eigenvalue weighted by molar-refractivity contribution is -0.137. The van der Waals surface area contributed by atoms with Crippen molar-refractivity contribution >= 4 is 16.9 Å². The number of carboxylic acids is 1. The maximum absolute atomic E-state index is 14.8. The summed E-state index contributed by atoms with van der Waals surface area (Å²) in [5, 5.41) is 9.91. The van der Waals surface area contributed by atoms with Crippen molar-refractivity contribution < 1.29 is 18.7 Å². The average Bonchev–Trinajstić information content (AvgIpc) is 2.91. The van der Waals surface area contributed by atoms with Gasteiger partial charge in [0.15, 0.2) is 0 Å². The van der Waals surface area contributed by atoms with Gasteiger partial charge >= 0.3 is 5.97 Å². The summed E-state index contributed by atoms with van der Waals surface area (Å²) in [6.07, 6.45) is 2.29. The van der Waals surface area contributed by atoms with E-state index in [2.05, 4.69) is 0 Å². The van der Waals surface area contributed by atoms with Gasteiger partial charge in [0, 0.05) is 29.6 Å². The second-order valence-corrected chi connectivity index (χ2v) is 7.41. The van der Waals surface area contributed by atoms with E-state index in [0.29, 0.717) is 23.9 Å². The maximum Gasteiger partial charge on any atom is 0.304 e. The first-order valence-electron chi connectivity index (χ1n) is 9.21. The van der Waals surface area contributed by atoms with E-state index in [1.54, 1.807) is 0 Å². The number of halogens is 2. The summed E-state index contributed by atoms with van der Waals surface area (Å²) in [4.78, 5) is 11.4. The van der Waals surface area contributed by atoms with Gasteiger partial charge in [-0.1, -0.05) is 29.8 Å². The van der Waals surface area contributed by atoms with Crippen LogP contribution in [0.2, 0.25) is 0 Å². The molecule has 0 aliphatic heterocycles. The van der Waals surface area contributed by atoms with Gasteiger partial charge in [0.2, 0.25) is 0 Å². The number of aryl methyl sites for hydroxylation is 2. The Labute approximate surface area is 156 Å². The van der Waals surface area contributed by atoms with Crippen LogP contribution in [0.1, 0.15) is 47.6 Å². The van der Waals surface area contributed by atoms with Crippen LogP contribution in [-0.2, 0) is 17.8 Å². The van der Waals surface area contributed by atoms with E-state index in [0.717, 1.165) is 41.3 Å². The number of benzene rings is 2. The second-order valence-electron chi connectivity index (χ2n) is 7.41. The van der Waals surface area contributed by atoms with Crippen LogP contribution < -0.4 is 0 Å². The molecule has 1 N–H and O–H groups in total. The summed E-state index contributed by atoms with van der Waals surface area (Å²) in [5.41, 5.74) is 4.26. The van der Waals surface area contributed by atoms with E-state index in [4.69, 9.17) is 0 Å². The molecule has 0 amide bonds. The number of nitrogens with zero attached hydrogens (tertiary/aromatic N) is 1. The van der Waals surface area contributed by atoms with Crippen molar-refractivity contribution in [3.63, 3.8) is 0 Å². The summed E-state index contributed by atoms with van der Waals surface area (Å²) >= 11 is 0. The molecule has 1 unspecified atom stereocenters. The largest absolute Gasteiger partial charge is 0.481 e. The lowest BCUT2D eigenvalue weighted by Gasteiger charge is -2.24. The highest BCUT2D eigenvalue weighted by Gasteiger charge is 2.30. The van der Waals surface area contributed by atoms with Crippen molar-refractivity contribution in [1.82, 2.24) is 4.57 Å². The second kappa shape index (κ2) is 6.80. The van der Waals surface area contributed by atoms with Crippen molar-refractivity contribution in [2.24, 2.45) is 0 Å². The first kappa shape index (κ1) is 17.7. The molecule has 3 nitrogen and oxygen atoms in total. The van der Waals surface area contributed by atoms with Crippen LogP contribution in [-0.4, -0.2) is 15.6 Å². The predicted octanol–water partition coefficient (Wildman–Crippen LogP) is 5.17. The molecular formula is C22H21F2NO2. The number of rotatable bonds is 4. The van der Waals surface area contributed by atoms with E-state index in [9.17, 15) is 18.7 Å². The summed E-state index contributed by atoms with van der Waals surface area (Å²) in [5.74, 6) is -2.26. The monoisotopic (exact) mass is 369 g/mol. The normalized spacial score (nSPS) is 16.5. The fraction of sp³-hybridized carbons (Fsp3) is 0.318. The fourth-order valence-corrected chi connectivity index (χ4v) is 4.33. The molecule has 140 valence electrons. The lowest BCUT2D eigenvalue weighted by Crippen LogP contribution is -2.17. The number of carboxylic acid groups (broad SMARTS) is 1. The summed E-state index contributed by atoms with van der Waals surface area (Å²) < 4.78 is 30.6. The molecule has 1 aliphatic carbocycles. The van der Waals surface area contributed by atoms with Crippen molar-refractivity contribution in [3.8, 4) is 0 Å². The van der Waals surface area contributed by atoms with Crippen LogP contribution in [0.5, 0.6) is 0 Å². The Balaban J connectivity index is 1.94. The summed E-state index contributed by atoms with van der Waals surface area (Å²) in [7, 11) is 0. The first-order chi connectivity index (χ1) is 12.9. The Morgan fingerprint density at radius 1 is 1.22 bits per heavy atom. The van der Waals surface area contributed by atoms with E-state index in [1.165, 1.54) is 6.07 Å². The Bertz CT molecular complexity index is 1020. The van der Waals surface area contributed by atoms with Crippen molar-refractivity contribution in [2.75, 3.05) is 0 Å². The third kappa shape index (κ3) is 3.22. The van der Waals surface area contributed by atoms with E-state index in [1.807, 2.05) is 35.8 Å². The molecule has 1 heterocycles. The van der Waals surface area contributed by atoms with Gasteiger partial charge in [0.05, 0.1) is 11.9 Å². The maximum atomic E-state index is 14.8. The van der Waals surface area contributed by atoms with Gasteiger partial charge in [-0.2, -0.15) is 0 Å². The Kier molecular flexibility index (Phi) is 4.46. The van der Waals surface area contributed by atoms with Crippen LogP contribution >= 0.6 is 0 Å². The number of hydrogen-bond acceptors (Lipinski definition) is 1. The molecule has 0 saturated heterocycles. The van der Waals surface area contributed by atoms with Gasteiger partial charge in [-0.25, -0.2) is 8.78 Å². The molecule has 0 bridgehead atoms. The highest BCUT2D eigenvalue weighted by molar-refractivity contribution is 5.87. The number of fused-ring (bicyclic) bond motifs is 3. The summed E-state index contributed by atoms with van der Waals surface area (Å²) in [6, 6.07) is 10.3. The molecular weight excluding hydrogens is 348 g/mol. The van der Waals surface area contributed by atoms with Crippen molar-refractivity contribution in [3.05, 3.63) is 70.4 Å². The van der Waals surface area contributed by atoms with Crippen LogP contribution in [0.25, 0.3) is 10.9 Å². The molecule has 5 heteroatoms. The SMILES string of the molecule is Cc1ccc(Cn2c3c(c4cc(F)cc(F)c42)CCCC3CC(=O)O)cc1. The Morgan fingerprint density at radius 3 is 2.67 bits per heavy atom. The molecule has 0 spiro atoms. The van der Waals surface area contributed by atoms with Crippen molar-refractivity contribution in [2.45, 2.75) is 45.1 Å². The molecule has 1 atom stereocenters. The molecule has 1 aromatic heterocycles. The van der Waals surface area contributed by atoms with Gasteiger partial charge in [-0.15, -0.1) is 0 Å². The van der Waals surface area contributed by atoms with Gasteiger partial charge in [0.25, 0.3) is 0 Å². The molecule has 2 aromatic carbocycles. The van der Waals surface area contributed by atoms with Gasteiger partial charge in [-0.3, -0.25) is 4.79 Å². The number of aromatic nitrogens is 1. The number of carbonyl (C=O) groups is 1. The average molecular weight is 369 g/mol. The van der Waals surface area contributed by atoms with Gasteiger partial charge in [-0.05, 0) is 43.4 Å². The van der Waals surface area contributed by atoms with E-state index < -0.39 is 17.6 Å². The van der Waals surface area contributed by atoms with Crippen molar-refractivity contribution in [1.29, 1.82) is 0 Å². The number of hydrogen-bond donors (Lipinski definition) is 1. The van der Waals surface area contributed by atoms with Crippen LogP contribution in [0.15, 0.2) is 36.4 Å². The number of aliphatic carboxylic acids is 1. The first-order valence-corrected chi connectivity index (χ1v) is 9.21. The fourth-order valence-electron chi connectivity index (χ4n) is 4.33. The zero-order valence-electron chi connectivity index (χ0n) is 15.1. The molecule has 1 aliphatic rings. The van der Waals surface area contributed by atoms with Gasteiger partial charge in [0.1, 0.15) is 11.6 Å². The van der Waals surface area contributed by atoms with Crippen LogP contribution in [0.3, 0.4) is 0 Å². The smallest absolute Gasteiger partial charge is 0.304 e. The molecule has 3 aromatic rings. The molecule has 0 radical (unpaired) electrons. The lowest BCUT2D eigenvalue weighted by atomic mass is 9.84. The topological polar surface area (TPSA) is 42.2 Å². The van der Waals surface area contributed by atoms with Gasteiger partial charge < -0.3 is 9.67 Å². The zero-order chi connectivity index (χ0) is 19.1. The highest BCUT2D eigenvalue weighted by Crippen LogP contribution is 2.41. The van der Waals surface area contributed by atoms with Crippen LogP contribution in [0, 0.1) is 18.6 Å². The minimum absolute atomic E-state index is 0.00131. The minimum Gasteiger partial charge on any atom is -0.481 e. The van der Waals surface area contributed by atoms with E-state index >= 15 is 0 Å². The third-order valence-corrected chi connectivity index (χ3v) is 5.47. The molecule has 4 rings (SSSR count). The standard InChI is InChI=1S/C22H21F2NO2/c1-13-5-7-14(8-6-13)12-25-21-15(9-20(26)27)3-2-4-17(21)18-10-16(23)11-19(24)22(18)25/h5-8,10-11,15H,2-4,9,12H2,1H3,(H,26,27). The molecule has 0 fully saturated rings. The third-order valence-electron chi connectivity index (χ3n) is 5.47. The molecule has 27 heavy (non-hydrogen) atoms. The zero-order valence-corrected chi connectivity index (χ0v) is 15.1. The Hall–Kier alpha value is -2.69. The minimum atomic E-state index is -0.869. The highest BCUT2D eigenvalue weighted by atomic mass is 19.1.